The monoisotopic (exact) mass is 346 g/mol. The molecular formula is C16H19FN6O2. The van der Waals surface area contributed by atoms with Gasteiger partial charge in [-0.05, 0) is 24.1 Å². The third-order valence-electron chi connectivity index (χ3n) is 4.02. The molecule has 2 heterocycles. The molecule has 0 unspecified atom stereocenters. The molecule has 2 N–H and O–H groups in total. The number of benzene rings is 1. The second-order valence-electron chi connectivity index (χ2n) is 5.90. The van der Waals surface area contributed by atoms with Gasteiger partial charge in [0.25, 0.3) is 5.91 Å². The molecule has 1 saturated heterocycles. The average molecular weight is 346 g/mol. The number of hydrogen-bond donors (Lipinski definition) is 2. The number of nitrogens with one attached hydrogen (secondary N) is 2. The van der Waals surface area contributed by atoms with E-state index in [0.717, 1.165) is 5.56 Å². The number of aryl methyl sites for hydroxylation is 1. The normalized spacial score (nSPS) is 15.1. The molecule has 0 radical (unpaired) electrons. The smallest absolute Gasteiger partial charge is 0.317 e. The summed E-state index contributed by atoms with van der Waals surface area (Å²) in [7, 11) is 1.67. The lowest BCUT2D eigenvalue weighted by Crippen LogP contribution is -2.46. The summed E-state index contributed by atoms with van der Waals surface area (Å²) in [6, 6.07) is 5.76. The number of carbonyl (C=O) groups excluding carboxylic acids is 2. The van der Waals surface area contributed by atoms with Gasteiger partial charge in [0, 0.05) is 26.7 Å². The lowest BCUT2D eigenvalue weighted by atomic mass is 10.0. The average Bonchev–Trinajstić information content (AvgIpc) is 3.20. The SMILES string of the molecule is Cn1cc(C(=O)NC[C@@H](Cc2cccc(F)c2)N2CCNC2=O)nn1. The molecule has 1 aromatic carbocycles. The molecule has 0 aliphatic carbocycles. The summed E-state index contributed by atoms with van der Waals surface area (Å²) in [6.45, 7) is 1.33. The Labute approximate surface area is 144 Å². The van der Waals surface area contributed by atoms with Crippen LogP contribution in [0.4, 0.5) is 9.18 Å². The number of amides is 3. The highest BCUT2D eigenvalue weighted by molar-refractivity contribution is 5.91. The number of urea groups is 1. The fraction of sp³-hybridized carbons (Fsp3) is 0.375. The van der Waals surface area contributed by atoms with E-state index < -0.39 is 0 Å². The minimum atomic E-state index is -0.364. The summed E-state index contributed by atoms with van der Waals surface area (Å²) in [5.41, 5.74) is 0.969. The number of halogens is 1. The fourth-order valence-electron chi connectivity index (χ4n) is 2.82. The summed E-state index contributed by atoms with van der Waals surface area (Å²) >= 11 is 0. The van der Waals surface area contributed by atoms with E-state index in [4.69, 9.17) is 0 Å². The molecule has 1 atom stereocenters. The predicted molar refractivity (Wildman–Crippen MR) is 87.3 cm³/mol. The van der Waals surface area contributed by atoms with E-state index in [1.165, 1.54) is 23.0 Å². The lowest BCUT2D eigenvalue weighted by Gasteiger charge is -2.27. The van der Waals surface area contributed by atoms with Crippen molar-refractivity contribution in [2.45, 2.75) is 12.5 Å². The molecule has 3 amide bonds. The van der Waals surface area contributed by atoms with Crippen LogP contribution in [0.25, 0.3) is 0 Å². The topological polar surface area (TPSA) is 92.2 Å². The number of carbonyl (C=O) groups is 2. The van der Waals surface area contributed by atoms with Gasteiger partial charge in [-0.1, -0.05) is 17.3 Å². The van der Waals surface area contributed by atoms with Crippen molar-refractivity contribution < 1.29 is 14.0 Å². The van der Waals surface area contributed by atoms with E-state index in [-0.39, 0.29) is 36.0 Å². The fourth-order valence-corrected chi connectivity index (χ4v) is 2.82. The lowest BCUT2D eigenvalue weighted by molar-refractivity contribution is 0.0935. The van der Waals surface area contributed by atoms with Crippen molar-refractivity contribution in [2.75, 3.05) is 19.6 Å². The van der Waals surface area contributed by atoms with Crippen molar-refractivity contribution in [2.24, 2.45) is 7.05 Å². The summed E-state index contributed by atoms with van der Waals surface area (Å²) in [5.74, 6) is -0.692. The van der Waals surface area contributed by atoms with E-state index in [2.05, 4.69) is 20.9 Å². The van der Waals surface area contributed by atoms with Gasteiger partial charge in [0.1, 0.15) is 5.82 Å². The van der Waals surface area contributed by atoms with Gasteiger partial charge in [-0.3, -0.25) is 9.48 Å². The van der Waals surface area contributed by atoms with Crippen LogP contribution in [0.15, 0.2) is 30.5 Å². The van der Waals surface area contributed by atoms with Crippen molar-refractivity contribution in [1.82, 2.24) is 30.5 Å². The van der Waals surface area contributed by atoms with E-state index >= 15 is 0 Å². The van der Waals surface area contributed by atoms with E-state index in [0.29, 0.717) is 19.5 Å². The van der Waals surface area contributed by atoms with Gasteiger partial charge in [0.15, 0.2) is 5.69 Å². The van der Waals surface area contributed by atoms with E-state index in [1.807, 2.05) is 0 Å². The van der Waals surface area contributed by atoms with Gasteiger partial charge in [-0.15, -0.1) is 5.10 Å². The molecule has 0 spiro atoms. The minimum Gasteiger partial charge on any atom is -0.349 e. The number of aromatic nitrogens is 3. The van der Waals surface area contributed by atoms with Crippen molar-refractivity contribution in [3.8, 4) is 0 Å². The summed E-state index contributed by atoms with van der Waals surface area (Å²) in [6.07, 6.45) is 1.95. The zero-order chi connectivity index (χ0) is 17.8. The Balaban J connectivity index is 1.70. The van der Waals surface area contributed by atoms with Gasteiger partial charge in [0.05, 0.1) is 12.2 Å². The van der Waals surface area contributed by atoms with Crippen molar-refractivity contribution in [3.63, 3.8) is 0 Å². The Bertz CT molecular complexity index is 777. The number of nitrogens with zero attached hydrogens (tertiary/aromatic N) is 4. The van der Waals surface area contributed by atoms with Crippen LogP contribution in [0, 0.1) is 5.82 Å². The highest BCUT2D eigenvalue weighted by Crippen LogP contribution is 2.13. The maximum atomic E-state index is 13.4. The molecular weight excluding hydrogens is 327 g/mol. The highest BCUT2D eigenvalue weighted by atomic mass is 19.1. The Morgan fingerprint density at radius 3 is 2.96 bits per heavy atom. The van der Waals surface area contributed by atoms with Crippen LogP contribution in [0.5, 0.6) is 0 Å². The first-order valence-electron chi connectivity index (χ1n) is 7.96. The van der Waals surface area contributed by atoms with Gasteiger partial charge in [-0.2, -0.15) is 0 Å². The summed E-state index contributed by atoms with van der Waals surface area (Å²) in [5, 5.41) is 13.0. The minimum absolute atomic E-state index is 0.185. The first-order valence-corrected chi connectivity index (χ1v) is 7.96. The molecule has 1 fully saturated rings. The Morgan fingerprint density at radius 2 is 2.32 bits per heavy atom. The van der Waals surface area contributed by atoms with Gasteiger partial charge < -0.3 is 15.5 Å². The second-order valence-corrected chi connectivity index (χ2v) is 5.90. The summed E-state index contributed by atoms with van der Waals surface area (Å²) in [4.78, 5) is 25.8. The maximum absolute atomic E-state index is 13.4. The summed E-state index contributed by atoms with van der Waals surface area (Å²) < 4.78 is 14.9. The molecule has 1 aliphatic rings. The molecule has 1 aliphatic heterocycles. The largest absolute Gasteiger partial charge is 0.349 e. The van der Waals surface area contributed by atoms with Crippen LogP contribution in [0.1, 0.15) is 16.1 Å². The van der Waals surface area contributed by atoms with Gasteiger partial charge in [0.2, 0.25) is 0 Å². The van der Waals surface area contributed by atoms with E-state index in [9.17, 15) is 14.0 Å². The molecule has 25 heavy (non-hydrogen) atoms. The van der Waals surface area contributed by atoms with Gasteiger partial charge >= 0.3 is 6.03 Å². The first-order chi connectivity index (χ1) is 12.0. The standard InChI is InChI=1S/C16H19FN6O2/c1-22-10-14(20-21-22)15(24)19-9-13(23-6-5-18-16(23)25)8-11-3-2-4-12(17)7-11/h2-4,7,10,13H,5-6,8-9H2,1H3,(H,18,25)(H,19,24)/t13-/m1/s1. The highest BCUT2D eigenvalue weighted by Gasteiger charge is 2.28. The van der Waals surface area contributed by atoms with Crippen LogP contribution in [-0.2, 0) is 13.5 Å². The first kappa shape index (κ1) is 16.9. The van der Waals surface area contributed by atoms with Crippen molar-refractivity contribution in [3.05, 3.63) is 47.5 Å². The maximum Gasteiger partial charge on any atom is 0.317 e. The van der Waals surface area contributed by atoms with Crippen LogP contribution in [0.2, 0.25) is 0 Å². The quantitative estimate of drug-likeness (QED) is 0.788. The number of rotatable bonds is 6. The Hall–Kier alpha value is -2.97. The van der Waals surface area contributed by atoms with Crippen molar-refractivity contribution >= 4 is 11.9 Å². The molecule has 0 bridgehead atoms. The van der Waals surface area contributed by atoms with E-state index in [1.54, 1.807) is 24.1 Å². The van der Waals surface area contributed by atoms with Crippen molar-refractivity contribution in [1.29, 1.82) is 0 Å². The van der Waals surface area contributed by atoms with Crippen LogP contribution >= 0.6 is 0 Å². The number of hydrogen-bond acceptors (Lipinski definition) is 4. The third-order valence-corrected chi connectivity index (χ3v) is 4.02. The molecule has 9 heteroatoms. The molecule has 8 nitrogen and oxygen atoms in total. The van der Waals surface area contributed by atoms with Crippen LogP contribution < -0.4 is 10.6 Å². The molecule has 132 valence electrons. The van der Waals surface area contributed by atoms with Gasteiger partial charge in [-0.25, -0.2) is 9.18 Å². The molecule has 1 aromatic heterocycles. The van der Waals surface area contributed by atoms with Crippen LogP contribution in [0.3, 0.4) is 0 Å². The zero-order valence-electron chi connectivity index (χ0n) is 13.8. The zero-order valence-corrected chi connectivity index (χ0v) is 13.8. The predicted octanol–water partition coefficient (Wildman–Crippen LogP) is 0.321. The second kappa shape index (κ2) is 7.29. The molecule has 0 saturated carbocycles. The Kier molecular flexibility index (Phi) is 4.92. The molecule has 2 aromatic rings. The van der Waals surface area contributed by atoms with Crippen LogP contribution in [-0.4, -0.2) is 57.5 Å². The Morgan fingerprint density at radius 1 is 1.48 bits per heavy atom. The third kappa shape index (κ3) is 4.11. The molecule has 3 rings (SSSR count).